The molecule has 5 rings (SSSR count). The molecule has 3 heterocycles. The quantitative estimate of drug-likeness (QED) is 0.554. The smallest absolute Gasteiger partial charge is 0.239 e. The summed E-state index contributed by atoms with van der Waals surface area (Å²) >= 11 is 0. The first kappa shape index (κ1) is 23.6. The fraction of sp³-hybridized carbons (Fsp3) is 0.429. The molecule has 0 aliphatic carbocycles. The second kappa shape index (κ2) is 10.2. The average molecular weight is 474 g/mol. The molecule has 7 heteroatoms. The predicted octanol–water partition coefficient (Wildman–Crippen LogP) is 2.65. The fourth-order valence-corrected chi connectivity index (χ4v) is 5.78. The van der Waals surface area contributed by atoms with Crippen LogP contribution in [0.15, 0.2) is 60.8 Å². The number of likely N-dealkylation sites (N-methyl/N-ethyl adjacent to an activating group) is 1. The molecule has 0 saturated carbocycles. The molecule has 0 radical (unpaired) electrons. The lowest BCUT2D eigenvalue weighted by Gasteiger charge is -2.33. The van der Waals surface area contributed by atoms with Crippen molar-refractivity contribution >= 4 is 22.7 Å². The Morgan fingerprint density at radius 3 is 2.69 bits per heavy atom. The van der Waals surface area contributed by atoms with Gasteiger partial charge in [-0.15, -0.1) is 0 Å². The minimum Gasteiger partial charge on any atom is -0.353 e. The number of carbonyl (C=O) groups excluding carboxylic acids is 2. The van der Waals surface area contributed by atoms with Crippen LogP contribution in [0.3, 0.4) is 0 Å². The zero-order valence-corrected chi connectivity index (χ0v) is 20.6. The first-order chi connectivity index (χ1) is 17.0. The van der Waals surface area contributed by atoms with Crippen molar-refractivity contribution in [3.63, 3.8) is 0 Å². The number of para-hydroxylation sites is 1. The number of benzene rings is 2. The van der Waals surface area contributed by atoms with Crippen LogP contribution in [0.5, 0.6) is 0 Å². The largest absolute Gasteiger partial charge is 0.353 e. The third-order valence-corrected chi connectivity index (χ3v) is 7.74. The van der Waals surface area contributed by atoms with E-state index in [1.807, 2.05) is 30.3 Å². The SMILES string of the molecule is CN1[C@@H](CCC(=O)NCc2ccccc2)CNC(=O)[C@@H]2[C@H]1CCN2Cc1cn(C)c2ccccc12. The highest BCUT2D eigenvalue weighted by Gasteiger charge is 2.45. The van der Waals surface area contributed by atoms with Crippen LogP contribution in [0.4, 0.5) is 0 Å². The van der Waals surface area contributed by atoms with E-state index in [1.165, 1.54) is 16.5 Å². The zero-order valence-electron chi connectivity index (χ0n) is 20.6. The van der Waals surface area contributed by atoms with Gasteiger partial charge in [-0.05, 0) is 37.1 Å². The standard InChI is InChI=1S/C28H35N5O2/c1-31-18-21(23-10-6-7-11-24(23)31)19-33-15-14-25-27(33)28(35)30-17-22(32(25)2)12-13-26(34)29-16-20-8-4-3-5-9-20/h3-11,18,22,25,27H,12-17,19H2,1-2H3,(H,29,34)(H,30,35)/t22-,25+,27-/m0/s1. The van der Waals surface area contributed by atoms with E-state index >= 15 is 0 Å². The Balaban J connectivity index is 1.21. The molecule has 3 atom stereocenters. The Morgan fingerprint density at radius 2 is 1.86 bits per heavy atom. The van der Waals surface area contributed by atoms with E-state index in [0.29, 0.717) is 19.5 Å². The molecule has 184 valence electrons. The number of aryl methyl sites for hydroxylation is 1. The van der Waals surface area contributed by atoms with Gasteiger partial charge >= 0.3 is 0 Å². The van der Waals surface area contributed by atoms with Crippen LogP contribution in [0, 0.1) is 0 Å². The van der Waals surface area contributed by atoms with Crippen LogP contribution in [-0.2, 0) is 29.7 Å². The summed E-state index contributed by atoms with van der Waals surface area (Å²) in [6, 6.07) is 18.5. The van der Waals surface area contributed by atoms with Gasteiger partial charge in [-0.3, -0.25) is 19.4 Å². The van der Waals surface area contributed by atoms with Gasteiger partial charge in [-0.25, -0.2) is 0 Å². The van der Waals surface area contributed by atoms with Gasteiger partial charge in [0.2, 0.25) is 11.8 Å². The molecule has 2 aliphatic rings. The molecular weight excluding hydrogens is 438 g/mol. The maximum absolute atomic E-state index is 13.2. The lowest BCUT2D eigenvalue weighted by atomic mass is 10.0. The summed E-state index contributed by atoms with van der Waals surface area (Å²) in [4.78, 5) is 30.3. The third kappa shape index (κ3) is 4.97. The van der Waals surface area contributed by atoms with Gasteiger partial charge in [0.15, 0.2) is 0 Å². The average Bonchev–Trinajstić information content (AvgIpc) is 3.40. The van der Waals surface area contributed by atoms with E-state index in [9.17, 15) is 9.59 Å². The normalized spacial score (nSPS) is 23.1. The van der Waals surface area contributed by atoms with E-state index in [0.717, 1.165) is 31.5 Å². The number of nitrogens with zero attached hydrogens (tertiary/aromatic N) is 3. The van der Waals surface area contributed by atoms with Gasteiger partial charge in [-0.1, -0.05) is 48.5 Å². The minimum absolute atomic E-state index is 0.0541. The second-order valence-electron chi connectivity index (χ2n) is 9.92. The molecule has 0 bridgehead atoms. The summed E-state index contributed by atoms with van der Waals surface area (Å²) in [5.74, 6) is 0.161. The van der Waals surface area contributed by atoms with Crippen LogP contribution < -0.4 is 10.6 Å². The van der Waals surface area contributed by atoms with Crippen molar-refractivity contribution in [2.45, 2.75) is 50.5 Å². The van der Waals surface area contributed by atoms with E-state index in [-0.39, 0.29) is 29.9 Å². The highest BCUT2D eigenvalue weighted by atomic mass is 16.2. The third-order valence-electron chi connectivity index (χ3n) is 7.74. The lowest BCUT2D eigenvalue weighted by Crippen LogP contribution is -2.49. The molecule has 2 amide bonds. The predicted molar refractivity (Wildman–Crippen MR) is 138 cm³/mol. The number of amides is 2. The van der Waals surface area contributed by atoms with Crippen LogP contribution in [0.2, 0.25) is 0 Å². The van der Waals surface area contributed by atoms with E-state index in [2.05, 4.69) is 69.6 Å². The van der Waals surface area contributed by atoms with Crippen molar-refractivity contribution in [3.8, 4) is 0 Å². The maximum Gasteiger partial charge on any atom is 0.239 e. The molecule has 1 aromatic heterocycles. The maximum atomic E-state index is 13.2. The Labute approximate surface area is 207 Å². The van der Waals surface area contributed by atoms with Crippen molar-refractivity contribution in [1.82, 2.24) is 25.0 Å². The molecule has 3 aromatic rings. The molecule has 0 unspecified atom stereocenters. The fourth-order valence-electron chi connectivity index (χ4n) is 5.78. The van der Waals surface area contributed by atoms with Crippen molar-refractivity contribution in [2.75, 3.05) is 20.1 Å². The van der Waals surface area contributed by atoms with E-state index in [4.69, 9.17) is 0 Å². The molecule has 2 fully saturated rings. The minimum atomic E-state index is -0.170. The summed E-state index contributed by atoms with van der Waals surface area (Å²) in [6.45, 7) is 2.78. The Morgan fingerprint density at radius 1 is 1.09 bits per heavy atom. The highest BCUT2D eigenvalue weighted by Crippen LogP contribution is 2.30. The van der Waals surface area contributed by atoms with E-state index in [1.54, 1.807) is 0 Å². The number of likely N-dealkylation sites (tertiary alicyclic amines) is 1. The summed E-state index contributed by atoms with van der Waals surface area (Å²) in [5.41, 5.74) is 3.57. The number of hydrogen-bond acceptors (Lipinski definition) is 4. The van der Waals surface area contributed by atoms with Gasteiger partial charge in [0.25, 0.3) is 0 Å². The zero-order chi connectivity index (χ0) is 24.4. The van der Waals surface area contributed by atoms with Gasteiger partial charge < -0.3 is 15.2 Å². The number of hydrogen-bond donors (Lipinski definition) is 2. The van der Waals surface area contributed by atoms with Crippen molar-refractivity contribution < 1.29 is 9.59 Å². The molecule has 2 aliphatic heterocycles. The molecule has 7 nitrogen and oxygen atoms in total. The first-order valence-electron chi connectivity index (χ1n) is 12.6. The number of aromatic nitrogens is 1. The summed E-state index contributed by atoms with van der Waals surface area (Å²) < 4.78 is 2.16. The molecular formula is C28H35N5O2. The van der Waals surface area contributed by atoms with Crippen molar-refractivity contribution in [3.05, 3.63) is 71.9 Å². The Bertz CT molecular complexity index is 1190. The van der Waals surface area contributed by atoms with Gasteiger partial charge in [-0.2, -0.15) is 0 Å². The second-order valence-corrected chi connectivity index (χ2v) is 9.92. The van der Waals surface area contributed by atoms with Gasteiger partial charge in [0.1, 0.15) is 6.04 Å². The number of rotatable bonds is 7. The molecule has 2 N–H and O–H groups in total. The van der Waals surface area contributed by atoms with Crippen molar-refractivity contribution in [1.29, 1.82) is 0 Å². The van der Waals surface area contributed by atoms with Crippen LogP contribution in [0.25, 0.3) is 10.9 Å². The van der Waals surface area contributed by atoms with Gasteiger partial charge in [0, 0.05) is 68.8 Å². The molecule has 35 heavy (non-hydrogen) atoms. The summed E-state index contributed by atoms with van der Waals surface area (Å²) in [5, 5.41) is 7.45. The van der Waals surface area contributed by atoms with Crippen LogP contribution >= 0.6 is 0 Å². The highest BCUT2D eigenvalue weighted by molar-refractivity contribution is 5.85. The summed E-state index contributed by atoms with van der Waals surface area (Å²) in [7, 11) is 4.19. The molecule has 0 spiro atoms. The number of nitrogens with one attached hydrogen (secondary N) is 2. The number of fused-ring (bicyclic) bond motifs is 2. The summed E-state index contributed by atoms with van der Waals surface area (Å²) in [6.07, 6.45) is 4.32. The van der Waals surface area contributed by atoms with Gasteiger partial charge in [0.05, 0.1) is 0 Å². The van der Waals surface area contributed by atoms with Crippen LogP contribution in [-0.4, -0.2) is 64.4 Å². The number of carbonyl (C=O) groups is 2. The van der Waals surface area contributed by atoms with Crippen molar-refractivity contribution in [2.24, 2.45) is 7.05 Å². The van der Waals surface area contributed by atoms with Crippen LogP contribution in [0.1, 0.15) is 30.4 Å². The Kier molecular flexibility index (Phi) is 6.88. The molecule has 2 aromatic carbocycles. The Hall–Kier alpha value is -3.16. The lowest BCUT2D eigenvalue weighted by molar-refractivity contribution is -0.126. The molecule has 2 saturated heterocycles. The first-order valence-corrected chi connectivity index (χ1v) is 12.6. The monoisotopic (exact) mass is 473 g/mol. The van der Waals surface area contributed by atoms with E-state index < -0.39 is 0 Å². The topological polar surface area (TPSA) is 69.6 Å².